The summed E-state index contributed by atoms with van der Waals surface area (Å²) in [6.45, 7) is 11.0. The van der Waals surface area contributed by atoms with Crippen LogP contribution in [0.1, 0.15) is 52.6 Å². The molecule has 0 bridgehead atoms. The molecular weight excluding hydrogens is 651 g/mol. The van der Waals surface area contributed by atoms with Gasteiger partial charge >= 0.3 is 0 Å². The van der Waals surface area contributed by atoms with Gasteiger partial charge in [0.15, 0.2) is 0 Å². The molecule has 1 heteroatoms. The third-order valence-electron chi connectivity index (χ3n) is 10.9. The van der Waals surface area contributed by atoms with Crippen molar-refractivity contribution < 1.29 is 0 Å². The smallest absolute Gasteiger partial charge is 0.0468 e. The van der Waals surface area contributed by atoms with Gasteiger partial charge in [-0.2, -0.15) is 0 Å². The summed E-state index contributed by atoms with van der Waals surface area (Å²) in [5.74, 6) is 0.487. The van der Waals surface area contributed by atoms with E-state index < -0.39 is 0 Å². The molecule has 0 aliphatic heterocycles. The monoisotopic (exact) mass is 697 g/mol. The molecule has 0 amide bonds. The van der Waals surface area contributed by atoms with Crippen molar-refractivity contribution in [2.75, 3.05) is 4.90 Å². The van der Waals surface area contributed by atoms with E-state index in [2.05, 4.69) is 197 Å². The Morgan fingerprint density at radius 2 is 1.09 bits per heavy atom. The highest BCUT2D eigenvalue weighted by molar-refractivity contribution is 6.14. The van der Waals surface area contributed by atoms with Crippen LogP contribution in [-0.2, 0) is 0 Å². The van der Waals surface area contributed by atoms with Crippen molar-refractivity contribution in [1.29, 1.82) is 0 Å². The molecule has 0 heterocycles. The number of rotatable bonds is 5. The summed E-state index contributed by atoms with van der Waals surface area (Å²) < 4.78 is 0. The fourth-order valence-corrected chi connectivity index (χ4v) is 8.11. The fraction of sp³-hybridized carbons (Fsp3) is 0.132. The molecule has 0 N–H and O–H groups in total. The van der Waals surface area contributed by atoms with Gasteiger partial charge in [-0.3, -0.25) is 0 Å². The number of allylic oxidation sites excluding steroid dienone is 1. The van der Waals surface area contributed by atoms with Crippen LogP contribution in [0, 0.1) is 27.7 Å². The normalized spacial score (nSPS) is 13.3. The van der Waals surface area contributed by atoms with Crippen LogP contribution in [0.4, 0.5) is 17.1 Å². The minimum Gasteiger partial charge on any atom is -0.310 e. The number of hydrogen-bond donors (Lipinski definition) is 0. The topological polar surface area (TPSA) is 3.24 Å². The number of benzene rings is 8. The summed E-state index contributed by atoms with van der Waals surface area (Å²) in [7, 11) is 0. The van der Waals surface area contributed by atoms with Crippen molar-refractivity contribution in [3.8, 4) is 22.3 Å². The lowest BCUT2D eigenvalue weighted by atomic mass is 9.81. The van der Waals surface area contributed by atoms with Gasteiger partial charge < -0.3 is 4.90 Å². The van der Waals surface area contributed by atoms with Crippen molar-refractivity contribution in [3.63, 3.8) is 0 Å². The lowest BCUT2D eigenvalue weighted by molar-refractivity contribution is 0.781. The Kier molecular flexibility index (Phi) is 9.72. The zero-order chi connectivity index (χ0) is 37.2. The molecule has 0 aromatic heterocycles. The van der Waals surface area contributed by atoms with Crippen molar-refractivity contribution in [1.82, 2.24) is 0 Å². The molecule has 1 atom stereocenters. The average Bonchev–Trinajstić information content (AvgIpc) is 3.20. The number of aryl methyl sites for hydroxylation is 4. The molecule has 54 heavy (non-hydrogen) atoms. The molecular formula is C53H47N. The first kappa shape index (κ1) is 34.9. The summed E-state index contributed by atoms with van der Waals surface area (Å²) in [6, 6.07) is 59.7. The van der Waals surface area contributed by atoms with E-state index in [1.54, 1.807) is 0 Å². The zero-order valence-corrected chi connectivity index (χ0v) is 32.0. The molecule has 1 nitrogen and oxygen atoms in total. The summed E-state index contributed by atoms with van der Waals surface area (Å²) in [6.07, 6.45) is 5.75. The predicted molar refractivity (Wildman–Crippen MR) is 234 cm³/mol. The van der Waals surface area contributed by atoms with E-state index in [-0.39, 0.29) is 0 Å². The van der Waals surface area contributed by atoms with E-state index in [0.29, 0.717) is 5.92 Å². The number of nitrogens with zero attached hydrogens (tertiary/aromatic N) is 1. The Bertz CT molecular complexity index is 2630. The molecule has 0 saturated heterocycles. The summed E-state index contributed by atoms with van der Waals surface area (Å²) in [5.41, 5.74) is 16.5. The SMILES string of the molecule is Cc1cccc(N(c2ccc(-c3ccc(C)c(-c4ccccc4C)c3)cc2)c2ccc3c4c(c5ccccc5c3c2)C=CCC4C)c1.Cc1ccccc1. The van der Waals surface area contributed by atoms with Crippen molar-refractivity contribution in [2.24, 2.45) is 0 Å². The highest BCUT2D eigenvalue weighted by Gasteiger charge is 2.21. The first-order chi connectivity index (χ1) is 26.4. The highest BCUT2D eigenvalue weighted by atomic mass is 15.1. The maximum absolute atomic E-state index is 2.41. The van der Waals surface area contributed by atoms with E-state index in [1.807, 2.05) is 18.2 Å². The van der Waals surface area contributed by atoms with Gasteiger partial charge in [0, 0.05) is 17.1 Å². The number of anilines is 3. The molecule has 1 aliphatic rings. The van der Waals surface area contributed by atoms with Gasteiger partial charge in [0.2, 0.25) is 0 Å². The molecule has 1 unspecified atom stereocenters. The number of hydrogen-bond acceptors (Lipinski definition) is 1. The third-order valence-corrected chi connectivity index (χ3v) is 10.9. The van der Waals surface area contributed by atoms with Crippen LogP contribution in [0.5, 0.6) is 0 Å². The first-order valence-electron chi connectivity index (χ1n) is 19.2. The summed E-state index contributed by atoms with van der Waals surface area (Å²) >= 11 is 0. The summed E-state index contributed by atoms with van der Waals surface area (Å²) in [4.78, 5) is 2.40. The Balaban J connectivity index is 0.000000533. The quantitative estimate of drug-likeness (QED) is 0.162. The van der Waals surface area contributed by atoms with Gasteiger partial charge in [0.05, 0.1) is 0 Å². The molecule has 0 radical (unpaired) electrons. The molecule has 1 aliphatic carbocycles. The van der Waals surface area contributed by atoms with E-state index in [1.165, 1.54) is 77.2 Å². The van der Waals surface area contributed by atoms with E-state index in [4.69, 9.17) is 0 Å². The van der Waals surface area contributed by atoms with Crippen molar-refractivity contribution in [2.45, 2.75) is 47.0 Å². The maximum Gasteiger partial charge on any atom is 0.0468 e. The van der Waals surface area contributed by atoms with Crippen LogP contribution < -0.4 is 4.90 Å². The number of fused-ring (bicyclic) bond motifs is 6. The Labute approximate surface area is 320 Å². The van der Waals surface area contributed by atoms with Gasteiger partial charge in [-0.15, -0.1) is 0 Å². The Hall–Kier alpha value is -6.18. The fourth-order valence-electron chi connectivity index (χ4n) is 8.11. The second-order valence-electron chi connectivity index (χ2n) is 14.9. The lowest BCUT2D eigenvalue weighted by Gasteiger charge is -2.28. The molecule has 8 aromatic carbocycles. The predicted octanol–water partition coefficient (Wildman–Crippen LogP) is 15.2. The van der Waals surface area contributed by atoms with Gasteiger partial charge in [0.25, 0.3) is 0 Å². The van der Waals surface area contributed by atoms with Crippen LogP contribution in [-0.4, -0.2) is 0 Å². The third kappa shape index (κ3) is 6.86. The molecule has 0 saturated carbocycles. The first-order valence-corrected chi connectivity index (χ1v) is 19.2. The Morgan fingerprint density at radius 3 is 1.83 bits per heavy atom. The minimum atomic E-state index is 0.487. The molecule has 9 rings (SSSR count). The van der Waals surface area contributed by atoms with Crippen molar-refractivity contribution >= 4 is 44.7 Å². The van der Waals surface area contributed by atoms with Gasteiger partial charge in [0.1, 0.15) is 0 Å². The van der Waals surface area contributed by atoms with Crippen molar-refractivity contribution in [3.05, 3.63) is 203 Å². The van der Waals surface area contributed by atoms with E-state index >= 15 is 0 Å². The van der Waals surface area contributed by atoms with Crippen LogP contribution in [0.15, 0.2) is 170 Å². The molecule has 0 fully saturated rings. The molecule has 264 valence electrons. The highest BCUT2D eigenvalue weighted by Crippen LogP contribution is 2.44. The summed E-state index contributed by atoms with van der Waals surface area (Å²) in [5, 5.41) is 5.33. The van der Waals surface area contributed by atoms with E-state index in [0.717, 1.165) is 23.5 Å². The van der Waals surface area contributed by atoms with Gasteiger partial charge in [-0.25, -0.2) is 0 Å². The van der Waals surface area contributed by atoms with Crippen LogP contribution in [0.3, 0.4) is 0 Å². The second kappa shape index (κ2) is 15.0. The standard InChI is InChI=1S/C46H39N.C7H8/c1-30-11-9-14-37(27-30)47(36-23-21-34(22-24-36)35-20-19-32(3)44(28-35)39-15-6-5-12-31(39)2)38-25-26-43-45(29-38)41-17-8-7-16-40(41)42-18-10-13-33(4)46(42)43;1-7-5-3-2-4-6-7/h5-12,14-29,33H,13H2,1-4H3;2-6H,1H3. The average molecular weight is 698 g/mol. The zero-order valence-electron chi connectivity index (χ0n) is 32.0. The lowest BCUT2D eigenvalue weighted by Crippen LogP contribution is -2.10. The maximum atomic E-state index is 2.41. The van der Waals surface area contributed by atoms with E-state index in [9.17, 15) is 0 Å². The molecule has 0 spiro atoms. The molecule has 8 aromatic rings. The van der Waals surface area contributed by atoms with Crippen LogP contribution >= 0.6 is 0 Å². The largest absolute Gasteiger partial charge is 0.310 e. The van der Waals surface area contributed by atoms with Gasteiger partial charge in [-0.05, 0) is 154 Å². The van der Waals surface area contributed by atoms with Crippen LogP contribution in [0.25, 0.3) is 49.9 Å². The van der Waals surface area contributed by atoms with Gasteiger partial charge in [-0.1, -0.05) is 146 Å². The minimum absolute atomic E-state index is 0.487. The van der Waals surface area contributed by atoms with Crippen LogP contribution in [0.2, 0.25) is 0 Å². The second-order valence-corrected chi connectivity index (χ2v) is 14.9. The Morgan fingerprint density at radius 1 is 0.444 bits per heavy atom.